The van der Waals surface area contributed by atoms with Crippen molar-refractivity contribution in [2.24, 2.45) is 5.92 Å². The average Bonchev–Trinajstić information content (AvgIpc) is 2.97. The van der Waals surface area contributed by atoms with Crippen LogP contribution in [0.2, 0.25) is 0 Å². The smallest absolute Gasteiger partial charge is 0.0333 e. The predicted octanol–water partition coefficient (Wildman–Crippen LogP) is 3.84. The van der Waals surface area contributed by atoms with Crippen LogP contribution in [-0.2, 0) is 6.42 Å². The fraction of sp³-hybridized carbons (Fsp3) is 0.765. The van der Waals surface area contributed by atoms with E-state index in [1.54, 1.807) is 10.4 Å². The molecule has 0 radical (unpaired) electrons. The summed E-state index contributed by atoms with van der Waals surface area (Å²) in [5.41, 5.74) is 1.60. The largest absolute Gasteiger partial charge is 0.307 e. The zero-order valence-electron chi connectivity index (χ0n) is 12.9. The van der Waals surface area contributed by atoms with E-state index in [2.05, 4.69) is 35.5 Å². The molecule has 2 atom stereocenters. The molecular weight excluding hydrogens is 264 g/mol. The van der Waals surface area contributed by atoms with E-state index in [1.165, 1.54) is 51.7 Å². The van der Waals surface area contributed by atoms with Gasteiger partial charge in [-0.25, -0.2) is 0 Å². The number of thiophene rings is 1. The van der Waals surface area contributed by atoms with Crippen LogP contribution in [0, 0.1) is 5.92 Å². The summed E-state index contributed by atoms with van der Waals surface area (Å²) in [6.07, 6.45) is 6.71. The van der Waals surface area contributed by atoms with Crippen LogP contribution in [-0.4, -0.2) is 30.6 Å². The molecule has 3 heteroatoms. The number of piperidine rings is 1. The van der Waals surface area contributed by atoms with E-state index in [4.69, 9.17) is 0 Å². The molecule has 1 N–H and O–H groups in total. The molecule has 0 amide bonds. The van der Waals surface area contributed by atoms with Gasteiger partial charge in [0.25, 0.3) is 0 Å². The second-order valence-corrected chi connectivity index (χ2v) is 7.47. The van der Waals surface area contributed by atoms with E-state index in [0.29, 0.717) is 12.1 Å². The van der Waals surface area contributed by atoms with E-state index < -0.39 is 0 Å². The molecular formula is C17H28N2S. The molecule has 112 valence electrons. The molecule has 1 aromatic heterocycles. The van der Waals surface area contributed by atoms with E-state index in [-0.39, 0.29) is 0 Å². The predicted molar refractivity (Wildman–Crippen MR) is 87.4 cm³/mol. The Morgan fingerprint density at radius 1 is 1.35 bits per heavy atom. The van der Waals surface area contributed by atoms with E-state index >= 15 is 0 Å². The van der Waals surface area contributed by atoms with Crippen molar-refractivity contribution in [3.63, 3.8) is 0 Å². The summed E-state index contributed by atoms with van der Waals surface area (Å²) in [6, 6.07) is 3.62. The Hall–Kier alpha value is -0.380. The maximum Gasteiger partial charge on any atom is 0.0333 e. The fourth-order valence-corrected chi connectivity index (χ4v) is 4.87. The average molecular weight is 292 g/mol. The maximum absolute atomic E-state index is 3.95. The third-order valence-electron chi connectivity index (χ3n) is 5.30. The molecule has 0 spiro atoms. The summed E-state index contributed by atoms with van der Waals surface area (Å²) in [5, 5.41) is 6.22. The summed E-state index contributed by atoms with van der Waals surface area (Å²) in [7, 11) is 0. The summed E-state index contributed by atoms with van der Waals surface area (Å²) in [4.78, 5) is 4.21. The van der Waals surface area contributed by atoms with Crippen LogP contribution >= 0.6 is 11.3 Å². The van der Waals surface area contributed by atoms with Gasteiger partial charge >= 0.3 is 0 Å². The van der Waals surface area contributed by atoms with Crippen LogP contribution in [0.3, 0.4) is 0 Å². The molecule has 0 bridgehead atoms. The molecule has 1 aliphatic carbocycles. The van der Waals surface area contributed by atoms with Crippen LogP contribution < -0.4 is 5.32 Å². The van der Waals surface area contributed by atoms with E-state index in [1.807, 2.05) is 11.3 Å². The zero-order chi connectivity index (χ0) is 13.9. The Labute approximate surface area is 127 Å². The molecule has 1 fully saturated rings. The number of nitrogens with one attached hydrogen (secondary N) is 1. The van der Waals surface area contributed by atoms with Crippen molar-refractivity contribution in [3.8, 4) is 0 Å². The van der Waals surface area contributed by atoms with Crippen molar-refractivity contribution in [3.05, 3.63) is 21.9 Å². The summed E-state index contributed by atoms with van der Waals surface area (Å²) < 4.78 is 0. The quantitative estimate of drug-likeness (QED) is 0.907. The summed E-state index contributed by atoms with van der Waals surface area (Å²) in [6.45, 7) is 8.49. The van der Waals surface area contributed by atoms with Gasteiger partial charge in [-0.15, -0.1) is 11.3 Å². The highest BCUT2D eigenvalue weighted by atomic mass is 32.1. The summed E-state index contributed by atoms with van der Waals surface area (Å²) >= 11 is 1.95. The Morgan fingerprint density at radius 2 is 2.15 bits per heavy atom. The lowest BCUT2D eigenvalue weighted by Crippen LogP contribution is -2.43. The van der Waals surface area contributed by atoms with Crippen LogP contribution in [0.5, 0.6) is 0 Å². The first-order valence-electron chi connectivity index (χ1n) is 8.32. The van der Waals surface area contributed by atoms with Gasteiger partial charge in [-0.2, -0.15) is 0 Å². The molecule has 2 unspecified atom stereocenters. The van der Waals surface area contributed by atoms with Crippen LogP contribution in [0.1, 0.15) is 56.0 Å². The van der Waals surface area contributed by atoms with Gasteiger partial charge in [0.15, 0.2) is 0 Å². The molecule has 2 heterocycles. The zero-order valence-corrected chi connectivity index (χ0v) is 13.7. The monoisotopic (exact) mass is 292 g/mol. The van der Waals surface area contributed by atoms with Gasteiger partial charge in [0.2, 0.25) is 0 Å². The van der Waals surface area contributed by atoms with Crippen LogP contribution in [0.25, 0.3) is 0 Å². The third kappa shape index (κ3) is 3.10. The van der Waals surface area contributed by atoms with Gasteiger partial charge < -0.3 is 10.2 Å². The first-order chi connectivity index (χ1) is 9.78. The highest BCUT2D eigenvalue weighted by Gasteiger charge is 2.27. The van der Waals surface area contributed by atoms with Crippen molar-refractivity contribution in [1.29, 1.82) is 0 Å². The number of aryl methyl sites for hydroxylation is 1. The number of nitrogens with zero attached hydrogens (tertiary/aromatic N) is 1. The van der Waals surface area contributed by atoms with E-state index in [9.17, 15) is 0 Å². The Kier molecular flexibility index (Phi) is 4.79. The Balaban J connectivity index is 1.56. The van der Waals surface area contributed by atoms with Gasteiger partial charge in [0.05, 0.1) is 0 Å². The molecule has 2 aliphatic rings. The standard InChI is InChI=1S/C17H28N2S/c1-3-19-10-7-14(8-11-19)13(2)18-16-5-4-6-17-15(16)9-12-20-17/h9,12-14,16,18H,3-8,10-11H2,1-2H3. The molecule has 1 aromatic rings. The SMILES string of the molecule is CCN1CCC(C(C)NC2CCCc3sccc32)CC1. The van der Waals surface area contributed by atoms with Crippen LogP contribution in [0.15, 0.2) is 11.4 Å². The Bertz CT molecular complexity index is 420. The third-order valence-corrected chi connectivity index (χ3v) is 6.30. The lowest BCUT2D eigenvalue weighted by atomic mass is 9.87. The van der Waals surface area contributed by atoms with Crippen molar-refractivity contribution in [1.82, 2.24) is 10.2 Å². The molecule has 20 heavy (non-hydrogen) atoms. The lowest BCUT2D eigenvalue weighted by Gasteiger charge is -2.37. The van der Waals surface area contributed by atoms with Crippen molar-refractivity contribution >= 4 is 11.3 Å². The molecule has 0 aromatic carbocycles. The molecule has 1 saturated heterocycles. The summed E-state index contributed by atoms with van der Waals surface area (Å²) in [5.74, 6) is 0.863. The minimum absolute atomic E-state index is 0.615. The first-order valence-corrected chi connectivity index (χ1v) is 9.20. The second-order valence-electron chi connectivity index (χ2n) is 6.47. The normalized spacial score (nSPS) is 26.4. The highest BCUT2D eigenvalue weighted by Crippen LogP contribution is 2.34. The lowest BCUT2D eigenvalue weighted by molar-refractivity contribution is 0.163. The molecule has 2 nitrogen and oxygen atoms in total. The van der Waals surface area contributed by atoms with Gasteiger partial charge in [0, 0.05) is 17.0 Å². The number of fused-ring (bicyclic) bond motifs is 1. The van der Waals surface area contributed by atoms with Gasteiger partial charge in [0.1, 0.15) is 0 Å². The highest BCUT2D eigenvalue weighted by molar-refractivity contribution is 7.10. The van der Waals surface area contributed by atoms with Crippen molar-refractivity contribution < 1.29 is 0 Å². The second kappa shape index (κ2) is 6.59. The number of hydrogen-bond donors (Lipinski definition) is 1. The minimum Gasteiger partial charge on any atom is -0.307 e. The number of rotatable bonds is 4. The van der Waals surface area contributed by atoms with Crippen LogP contribution in [0.4, 0.5) is 0 Å². The maximum atomic E-state index is 3.95. The van der Waals surface area contributed by atoms with Gasteiger partial charge in [-0.1, -0.05) is 6.92 Å². The number of hydrogen-bond acceptors (Lipinski definition) is 3. The van der Waals surface area contributed by atoms with Crippen molar-refractivity contribution in [2.75, 3.05) is 19.6 Å². The fourth-order valence-electron chi connectivity index (χ4n) is 3.88. The van der Waals surface area contributed by atoms with Crippen molar-refractivity contribution in [2.45, 2.75) is 58.0 Å². The van der Waals surface area contributed by atoms with Gasteiger partial charge in [-0.05, 0) is 81.6 Å². The number of likely N-dealkylation sites (tertiary alicyclic amines) is 1. The molecule has 0 saturated carbocycles. The topological polar surface area (TPSA) is 15.3 Å². The molecule has 3 rings (SSSR count). The van der Waals surface area contributed by atoms with E-state index in [0.717, 1.165) is 5.92 Å². The first kappa shape index (κ1) is 14.6. The van der Waals surface area contributed by atoms with Gasteiger partial charge in [-0.3, -0.25) is 0 Å². The Morgan fingerprint density at radius 3 is 2.90 bits per heavy atom. The molecule has 1 aliphatic heterocycles. The minimum atomic E-state index is 0.615.